The normalized spacial score (nSPS) is 34.8. The number of nitrogens with one attached hydrogen (secondary N) is 1. The quantitative estimate of drug-likeness (QED) is 0.502. The van der Waals surface area contributed by atoms with Crippen LogP contribution in [0.2, 0.25) is 0 Å². The zero-order valence-corrected chi connectivity index (χ0v) is 7.82. The van der Waals surface area contributed by atoms with E-state index in [2.05, 4.69) is 10.1 Å². The van der Waals surface area contributed by atoms with Crippen LogP contribution < -0.4 is 5.32 Å². The van der Waals surface area contributed by atoms with Crippen molar-refractivity contribution < 1.29 is 14.3 Å². The van der Waals surface area contributed by atoms with Gasteiger partial charge in [0.15, 0.2) is 0 Å². The number of esters is 1. The van der Waals surface area contributed by atoms with Gasteiger partial charge in [-0.05, 0) is 6.42 Å². The number of alkyl carbamates (subject to hydrolysis) is 1. The minimum Gasteiger partial charge on any atom is -0.376 e. The highest BCUT2D eigenvalue weighted by Gasteiger charge is 2.48. The van der Waals surface area contributed by atoms with Gasteiger partial charge in [0.25, 0.3) is 0 Å². The Morgan fingerprint density at radius 3 is 3.00 bits per heavy atom. The summed E-state index contributed by atoms with van der Waals surface area (Å²) in [6.07, 6.45) is 7.17. The summed E-state index contributed by atoms with van der Waals surface area (Å²) in [4.78, 5) is 22.6. The Bertz CT molecular complexity index is 345. The maximum atomic E-state index is 11.6. The lowest BCUT2D eigenvalue weighted by molar-refractivity contribution is -0.150. The summed E-state index contributed by atoms with van der Waals surface area (Å²) in [5.74, 6) is -0.464. The summed E-state index contributed by atoms with van der Waals surface area (Å²) in [6.45, 7) is 1.90. The molecule has 2 rings (SSSR count). The summed E-state index contributed by atoms with van der Waals surface area (Å²) in [6, 6.07) is -0.272. The molecule has 4 heteroatoms. The average molecular weight is 193 g/mol. The van der Waals surface area contributed by atoms with Crippen LogP contribution in [0.15, 0.2) is 24.3 Å². The summed E-state index contributed by atoms with van der Waals surface area (Å²) in [7, 11) is 0. The standard InChI is InChI=1S/C10H11NO3/c1-2-10-6-4-3-5-7(10)11-9(13)14-8(10)12/h3-7H,2H2,1H3,(H,11,13). The van der Waals surface area contributed by atoms with Crippen LogP contribution in [0, 0.1) is 5.41 Å². The third-order valence-electron chi connectivity index (χ3n) is 2.79. The monoisotopic (exact) mass is 193 g/mol. The smallest absolute Gasteiger partial charge is 0.376 e. The first-order chi connectivity index (χ1) is 6.69. The van der Waals surface area contributed by atoms with Crippen molar-refractivity contribution in [3.63, 3.8) is 0 Å². The maximum absolute atomic E-state index is 11.6. The molecule has 2 unspecified atom stereocenters. The first-order valence-corrected chi connectivity index (χ1v) is 4.58. The Kier molecular flexibility index (Phi) is 1.91. The van der Waals surface area contributed by atoms with Crippen LogP contribution in [0.25, 0.3) is 0 Å². The zero-order valence-electron chi connectivity index (χ0n) is 7.82. The molecule has 2 atom stereocenters. The van der Waals surface area contributed by atoms with E-state index in [-0.39, 0.29) is 6.04 Å². The second-order valence-electron chi connectivity index (χ2n) is 3.44. The van der Waals surface area contributed by atoms with E-state index in [1.807, 2.05) is 19.1 Å². The molecule has 1 aliphatic carbocycles. The number of cyclic esters (lactones) is 2. The highest BCUT2D eigenvalue weighted by Crippen LogP contribution is 2.35. The fourth-order valence-electron chi connectivity index (χ4n) is 1.87. The molecule has 0 bridgehead atoms. The highest BCUT2D eigenvalue weighted by atomic mass is 16.6. The summed E-state index contributed by atoms with van der Waals surface area (Å²) in [5, 5.41) is 2.62. The average Bonchev–Trinajstić information content (AvgIpc) is 2.18. The van der Waals surface area contributed by atoms with Gasteiger partial charge in [-0.1, -0.05) is 31.2 Å². The van der Waals surface area contributed by atoms with Crippen LogP contribution in [0.5, 0.6) is 0 Å². The van der Waals surface area contributed by atoms with E-state index in [1.54, 1.807) is 12.2 Å². The number of carbonyl (C=O) groups excluding carboxylic acids is 2. The van der Waals surface area contributed by atoms with Crippen LogP contribution in [0.3, 0.4) is 0 Å². The topological polar surface area (TPSA) is 55.4 Å². The van der Waals surface area contributed by atoms with E-state index >= 15 is 0 Å². The maximum Gasteiger partial charge on any atom is 0.415 e. The Morgan fingerprint density at radius 2 is 2.29 bits per heavy atom. The number of fused-ring (bicyclic) bond motifs is 1. The third-order valence-corrected chi connectivity index (χ3v) is 2.79. The summed E-state index contributed by atoms with van der Waals surface area (Å²) in [5.41, 5.74) is -0.706. The molecule has 1 amide bonds. The van der Waals surface area contributed by atoms with E-state index in [9.17, 15) is 9.59 Å². The van der Waals surface area contributed by atoms with Gasteiger partial charge in [-0.2, -0.15) is 0 Å². The first kappa shape index (κ1) is 8.99. The molecule has 2 aliphatic rings. The minimum atomic E-state index is -0.706. The van der Waals surface area contributed by atoms with E-state index in [0.29, 0.717) is 6.42 Å². The Morgan fingerprint density at radius 1 is 1.50 bits per heavy atom. The number of rotatable bonds is 1. The zero-order chi connectivity index (χ0) is 10.2. The molecule has 0 aromatic heterocycles. The molecular formula is C10H11NO3. The van der Waals surface area contributed by atoms with Crippen LogP contribution >= 0.6 is 0 Å². The van der Waals surface area contributed by atoms with E-state index in [4.69, 9.17) is 0 Å². The van der Waals surface area contributed by atoms with Crippen molar-refractivity contribution in [2.45, 2.75) is 19.4 Å². The molecule has 0 aromatic rings. The molecule has 1 fully saturated rings. The summed E-state index contributed by atoms with van der Waals surface area (Å²) < 4.78 is 4.58. The van der Waals surface area contributed by atoms with Gasteiger partial charge in [-0.3, -0.25) is 4.79 Å². The molecule has 14 heavy (non-hydrogen) atoms. The van der Waals surface area contributed by atoms with Gasteiger partial charge < -0.3 is 10.1 Å². The Labute approximate surface area is 81.6 Å². The number of hydrogen-bond acceptors (Lipinski definition) is 3. The van der Waals surface area contributed by atoms with Crippen LogP contribution in [0.4, 0.5) is 4.79 Å². The largest absolute Gasteiger partial charge is 0.415 e. The fourth-order valence-corrected chi connectivity index (χ4v) is 1.87. The predicted molar refractivity (Wildman–Crippen MR) is 49.4 cm³/mol. The van der Waals surface area contributed by atoms with Gasteiger partial charge in [0.2, 0.25) is 0 Å². The van der Waals surface area contributed by atoms with Gasteiger partial charge in [0.05, 0.1) is 6.04 Å². The van der Waals surface area contributed by atoms with Crippen molar-refractivity contribution in [2.75, 3.05) is 0 Å². The van der Waals surface area contributed by atoms with Crippen molar-refractivity contribution in [3.8, 4) is 0 Å². The number of amides is 1. The van der Waals surface area contributed by atoms with Crippen LogP contribution in [-0.2, 0) is 9.53 Å². The number of hydrogen-bond donors (Lipinski definition) is 1. The molecule has 1 heterocycles. The second kappa shape index (κ2) is 2.97. The Hall–Kier alpha value is -1.58. The van der Waals surface area contributed by atoms with E-state index in [0.717, 1.165) is 0 Å². The molecule has 0 radical (unpaired) electrons. The van der Waals surface area contributed by atoms with Crippen molar-refractivity contribution in [1.82, 2.24) is 5.32 Å². The van der Waals surface area contributed by atoms with E-state index in [1.165, 1.54) is 0 Å². The Balaban J connectivity index is 2.40. The fraction of sp³-hybridized carbons (Fsp3) is 0.400. The number of allylic oxidation sites excluding steroid dienone is 2. The lowest BCUT2D eigenvalue weighted by Crippen LogP contribution is -2.57. The van der Waals surface area contributed by atoms with Crippen LogP contribution in [-0.4, -0.2) is 18.1 Å². The van der Waals surface area contributed by atoms with Crippen molar-refractivity contribution in [1.29, 1.82) is 0 Å². The predicted octanol–water partition coefficient (Wildman–Crippen LogP) is 1.14. The molecule has 1 N–H and O–H groups in total. The molecule has 1 saturated heterocycles. The molecule has 0 spiro atoms. The molecule has 4 nitrogen and oxygen atoms in total. The van der Waals surface area contributed by atoms with Crippen molar-refractivity contribution in [2.24, 2.45) is 5.41 Å². The number of carbonyl (C=O) groups is 2. The molecule has 0 saturated carbocycles. The SMILES string of the molecule is CCC12C=CC=CC1NC(=O)OC2=O. The van der Waals surface area contributed by atoms with Gasteiger partial charge in [0, 0.05) is 0 Å². The van der Waals surface area contributed by atoms with Gasteiger partial charge in [0.1, 0.15) is 5.41 Å². The molecule has 0 aromatic carbocycles. The lowest BCUT2D eigenvalue weighted by Gasteiger charge is -2.38. The van der Waals surface area contributed by atoms with Gasteiger partial charge >= 0.3 is 12.1 Å². The molecule has 74 valence electrons. The molecular weight excluding hydrogens is 182 g/mol. The van der Waals surface area contributed by atoms with Crippen molar-refractivity contribution in [3.05, 3.63) is 24.3 Å². The van der Waals surface area contributed by atoms with Crippen LogP contribution in [0.1, 0.15) is 13.3 Å². The lowest BCUT2D eigenvalue weighted by atomic mass is 9.74. The third kappa shape index (κ3) is 1.07. The summed E-state index contributed by atoms with van der Waals surface area (Å²) >= 11 is 0. The van der Waals surface area contributed by atoms with Gasteiger partial charge in [-0.15, -0.1) is 0 Å². The van der Waals surface area contributed by atoms with E-state index < -0.39 is 17.5 Å². The second-order valence-corrected chi connectivity index (χ2v) is 3.44. The van der Waals surface area contributed by atoms with Crippen molar-refractivity contribution >= 4 is 12.1 Å². The first-order valence-electron chi connectivity index (χ1n) is 4.58. The number of ether oxygens (including phenoxy) is 1. The molecule has 1 aliphatic heterocycles. The van der Waals surface area contributed by atoms with Gasteiger partial charge in [-0.25, -0.2) is 4.79 Å². The highest BCUT2D eigenvalue weighted by molar-refractivity contribution is 5.94. The minimum absolute atomic E-state index is 0.272.